The Kier molecular flexibility index (Phi) is 9.22. The van der Waals surface area contributed by atoms with Gasteiger partial charge in [0.2, 0.25) is 0 Å². The number of rotatable bonds is 11. The molecular weight excluding hydrogens is 236 g/mol. The fourth-order valence-electron chi connectivity index (χ4n) is 1.42. The van der Waals surface area contributed by atoms with Crippen molar-refractivity contribution in [3.63, 3.8) is 0 Å². The summed E-state index contributed by atoms with van der Waals surface area (Å²) in [6.07, 6.45) is 3.91. The van der Waals surface area contributed by atoms with Gasteiger partial charge in [0.15, 0.2) is 0 Å². The summed E-state index contributed by atoms with van der Waals surface area (Å²) >= 11 is 0. The van der Waals surface area contributed by atoms with Crippen molar-refractivity contribution in [2.45, 2.75) is 51.6 Å². The number of carbonyl (C=O) groups is 2. The van der Waals surface area contributed by atoms with Crippen molar-refractivity contribution >= 4 is 11.9 Å². The van der Waals surface area contributed by atoms with Gasteiger partial charge in [0, 0.05) is 0 Å². The van der Waals surface area contributed by atoms with Gasteiger partial charge in [0.25, 0.3) is 0 Å². The molecule has 0 spiro atoms. The molecule has 0 heterocycles. The van der Waals surface area contributed by atoms with Crippen LogP contribution in [0.4, 0.5) is 0 Å². The molecule has 6 heteroatoms. The molecule has 4 N–H and O–H groups in total. The lowest BCUT2D eigenvalue weighted by atomic mass is 10.2. The van der Waals surface area contributed by atoms with Crippen molar-refractivity contribution in [2.24, 2.45) is 0 Å². The third-order valence-corrected chi connectivity index (χ3v) is 2.75. The molecule has 0 amide bonds. The van der Waals surface area contributed by atoms with Crippen LogP contribution in [0.25, 0.3) is 0 Å². The number of unbranched alkanes of at least 4 members (excludes halogenated alkanes) is 3. The van der Waals surface area contributed by atoms with Crippen molar-refractivity contribution in [1.82, 2.24) is 10.6 Å². The highest BCUT2D eigenvalue weighted by molar-refractivity contribution is 5.73. The lowest BCUT2D eigenvalue weighted by molar-refractivity contribution is -0.139. The van der Waals surface area contributed by atoms with E-state index in [1.54, 1.807) is 13.8 Å². The molecule has 18 heavy (non-hydrogen) atoms. The third kappa shape index (κ3) is 8.95. The molecule has 0 rings (SSSR count). The molecule has 2 unspecified atom stereocenters. The summed E-state index contributed by atoms with van der Waals surface area (Å²) < 4.78 is 0. The number of aliphatic carboxylic acids is 2. The van der Waals surface area contributed by atoms with Crippen LogP contribution in [0.15, 0.2) is 0 Å². The van der Waals surface area contributed by atoms with Crippen LogP contribution >= 0.6 is 0 Å². The molecule has 0 aromatic heterocycles. The number of hydrogen-bond donors (Lipinski definition) is 4. The van der Waals surface area contributed by atoms with Gasteiger partial charge < -0.3 is 20.8 Å². The minimum absolute atomic E-state index is 0.497. The summed E-state index contributed by atoms with van der Waals surface area (Å²) in [6.45, 7) is 4.65. The lowest BCUT2D eigenvalue weighted by Gasteiger charge is -2.10. The highest BCUT2D eigenvalue weighted by Gasteiger charge is 2.09. The molecule has 0 aliphatic rings. The fraction of sp³-hybridized carbons (Fsp3) is 0.833. The van der Waals surface area contributed by atoms with Gasteiger partial charge in [-0.05, 0) is 39.8 Å². The average Bonchev–Trinajstić information content (AvgIpc) is 2.31. The Hall–Kier alpha value is -1.14. The van der Waals surface area contributed by atoms with Gasteiger partial charge in [0.1, 0.15) is 12.1 Å². The maximum absolute atomic E-state index is 10.5. The summed E-state index contributed by atoms with van der Waals surface area (Å²) in [5, 5.41) is 23.1. The molecule has 0 saturated carbocycles. The Bertz CT molecular complexity index is 232. The Balaban J connectivity index is 3.26. The van der Waals surface area contributed by atoms with E-state index in [1.807, 2.05) is 0 Å². The summed E-state index contributed by atoms with van der Waals surface area (Å²) in [7, 11) is 0. The van der Waals surface area contributed by atoms with Crippen LogP contribution in [0.3, 0.4) is 0 Å². The standard InChI is InChI=1S/C12H24N2O4/c1-9(11(15)16)13-7-5-3-4-6-8-14-10(2)12(17)18/h9-10,13-14H,3-8H2,1-2H3,(H,15,16)(H,17,18). The van der Waals surface area contributed by atoms with E-state index < -0.39 is 24.0 Å². The smallest absolute Gasteiger partial charge is 0.320 e. The van der Waals surface area contributed by atoms with E-state index in [9.17, 15) is 9.59 Å². The van der Waals surface area contributed by atoms with E-state index in [0.29, 0.717) is 13.1 Å². The Morgan fingerprint density at radius 3 is 1.44 bits per heavy atom. The molecule has 0 saturated heterocycles. The topological polar surface area (TPSA) is 98.7 Å². The second-order valence-corrected chi connectivity index (χ2v) is 4.44. The molecule has 6 nitrogen and oxygen atoms in total. The zero-order valence-corrected chi connectivity index (χ0v) is 11.1. The predicted octanol–water partition coefficient (Wildman–Crippen LogP) is 0.672. The van der Waals surface area contributed by atoms with Gasteiger partial charge in [-0.2, -0.15) is 0 Å². The van der Waals surface area contributed by atoms with Gasteiger partial charge in [-0.25, -0.2) is 0 Å². The zero-order valence-electron chi connectivity index (χ0n) is 11.1. The highest BCUT2D eigenvalue weighted by atomic mass is 16.4. The fourth-order valence-corrected chi connectivity index (χ4v) is 1.42. The van der Waals surface area contributed by atoms with Crippen molar-refractivity contribution in [3.05, 3.63) is 0 Å². The van der Waals surface area contributed by atoms with Crippen LogP contribution in [0, 0.1) is 0 Å². The van der Waals surface area contributed by atoms with Gasteiger partial charge in [0.05, 0.1) is 0 Å². The van der Waals surface area contributed by atoms with Gasteiger partial charge in [-0.3, -0.25) is 9.59 Å². The lowest BCUT2D eigenvalue weighted by Crippen LogP contribution is -2.34. The number of hydrogen-bond acceptors (Lipinski definition) is 4. The van der Waals surface area contributed by atoms with E-state index in [-0.39, 0.29) is 0 Å². The van der Waals surface area contributed by atoms with Gasteiger partial charge in [-0.1, -0.05) is 12.8 Å². The molecule has 0 bridgehead atoms. The van der Waals surface area contributed by atoms with E-state index in [0.717, 1.165) is 25.7 Å². The maximum atomic E-state index is 10.5. The van der Waals surface area contributed by atoms with E-state index in [4.69, 9.17) is 10.2 Å². The van der Waals surface area contributed by atoms with Crippen molar-refractivity contribution in [1.29, 1.82) is 0 Å². The third-order valence-electron chi connectivity index (χ3n) is 2.75. The Morgan fingerprint density at radius 1 is 0.833 bits per heavy atom. The quantitative estimate of drug-likeness (QED) is 0.408. The molecule has 0 aliphatic carbocycles. The highest BCUT2D eigenvalue weighted by Crippen LogP contribution is 1.98. The molecule has 0 radical (unpaired) electrons. The summed E-state index contributed by atoms with van der Waals surface area (Å²) in [5.74, 6) is -1.66. The zero-order chi connectivity index (χ0) is 14.0. The SMILES string of the molecule is CC(NCCCCCCNC(C)C(=O)O)C(=O)O. The van der Waals surface area contributed by atoms with Crippen LogP contribution < -0.4 is 10.6 Å². The van der Waals surface area contributed by atoms with Crippen molar-refractivity contribution in [3.8, 4) is 0 Å². The van der Waals surface area contributed by atoms with Crippen LogP contribution in [0.5, 0.6) is 0 Å². The molecule has 2 atom stereocenters. The normalized spacial score (nSPS) is 14.1. The van der Waals surface area contributed by atoms with Crippen molar-refractivity contribution in [2.75, 3.05) is 13.1 Å². The summed E-state index contributed by atoms with van der Waals surface area (Å²) in [4.78, 5) is 21.0. The van der Waals surface area contributed by atoms with Crippen LogP contribution in [-0.2, 0) is 9.59 Å². The van der Waals surface area contributed by atoms with Crippen molar-refractivity contribution < 1.29 is 19.8 Å². The summed E-state index contributed by atoms with van der Waals surface area (Å²) in [6, 6.07) is -0.994. The number of nitrogens with one attached hydrogen (secondary N) is 2. The molecule has 106 valence electrons. The first-order valence-corrected chi connectivity index (χ1v) is 6.37. The monoisotopic (exact) mass is 260 g/mol. The molecular formula is C12H24N2O4. The first-order valence-electron chi connectivity index (χ1n) is 6.37. The second kappa shape index (κ2) is 9.85. The largest absolute Gasteiger partial charge is 0.480 e. The van der Waals surface area contributed by atoms with Crippen LogP contribution in [0.2, 0.25) is 0 Å². The molecule has 0 aliphatic heterocycles. The molecule has 0 aromatic rings. The number of carboxylic acids is 2. The molecule has 0 aromatic carbocycles. The van der Waals surface area contributed by atoms with E-state index >= 15 is 0 Å². The van der Waals surface area contributed by atoms with E-state index in [2.05, 4.69) is 10.6 Å². The van der Waals surface area contributed by atoms with Crippen LogP contribution in [-0.4, -0.2) is 47.3 Å². The second-order valence-electron chi connectivity index (χ2n) is 4.44. The predicted molar refractivity (Wildman–Crippen MR) is 68.7 cm³/mol. The number of carboxylic acid groups (broad SMARTS) is 2. The minimum Gasteiger partial charge on any atom is -0.480 e. The van der Waals surface area contributed by atoms with E-state index in [1.165, 1.54) is 0 Å². The van der Waals surface area contributed by atoms with Crippen LogP contribution in [0.1, 0.15) is 39.5 Å². The Labute approximate surface area is 108 Å². The Morgan fingerprint density at radius 2 is 1.17 bits per heavy atom. The minimum atomic E-state index is -0.832. The summed E-state index contributed by atoms with van der Waals surface area (Å²) in [5.41, 5.74) is 0. The van der Waals surface area contributed by atoms with Gasteiger partial charge in [-0.15, -0.1) is 0 Å². The maximum Gasteiger partial charge on any atom is 0.320 e. The first-order chi connectivity index (χ1) is 8.45. The average molecular weight is 260 g/mol. The molecule has 0 fully saturated rings. The van der Waals surface area contributed by atoms with Gasteiger partial charge >= 0.3 is 11.9 Å². The first kappa shape index (κ1) is 16.9.